The van der Waals surface area contributed by atoms with E-state index in [0.717, 1.165) is 25.8 Å². The predicted octanol–water partition coefficient (Wildman–Crippen LogP) is 3.24. The minimum atomic E-state index is -0.631. The topological polar surface area (TPSA) is 49.4 Å². The van der Waals surface area contributed by atoms with Gasteiger partial charge in [-0.05, 0) is 66.2 Å². The van der Waals surface area contributed by atoms with Gasteiger partial charge in [-0.25, -0.2) is 0 Å². The van der Waals surface area contributed by atoms with Crippen LogP contribution in [0.3, 0.4) is 0 Å². The second kappa shape index (κ2) is 10.3. The van der Waals surface area contributed by atoms with Gasteiger partial charge in [-0.2, -0.15) is 0 Å². The molecule has 0 spiro atoms. The first kappa shape index (κ1) is 22.7. The van der Waals surface area contributed by atoms with Gasteiger partial charge in [0.25, 0.3) is 0 Å². The fraction of sp³-hybridized carbons (Fsp3) is 0.739. The summed E-state index contributed by atoms with van der Waals surface area (Å²) in [6, 6.07) is 10.5. The van der Waals surface area contributed by atoms with Gasteiger partial charge < -0.3 is 28.6 Å². The van der Waals surface area contributed by atoms with Gasteiger partial charge in [0, 0.05) is 6.61 Å². The highest BCUT2D eigenvalue weighted by Crippen LogP contribution is 2.40. The fourth-order valence-electron chi connectivity index (χ4n) is 3.97. The van der Waals surface area contributed by atoms with E-state index in [1.165, 1.54) is 5.56 Å². The maximum atomic E-state index is 6.21. The first-order chi connectivity index (χ1) is 13.9. The van der Waals surface area contributed by atoms with Gasteiger partial charge in [0.05, 0.1) is 12.7 Å². The standard InChI is InChI=1S/C23H37NO5/c1-17(25-16-10-14-24(4)5)19-20-21(29-23(2,3)28-20)22(27-19)26-15-9-13-18-11-7-6-8-12-18/h6-8,11-12,17,19-22H,9-10,13-16H2,1-5H3/t17?,19-,20+,21+,22+/m1/s1. The Kier molecular flexibility index (Phi) is 8.07. The molecule has 1 unspecified atom stereocenters. The molecule has 0 amide bonds. The van der Waals surface area contributed by atoms with Gasteiger partial charge in [-0.15, -0.1) is 0 Å². The monoisotopic (exact) mass is 407 g/mol. The van der Waals surface area contributed by atoms with E-state index in [-0.39, 0.29) is 24.4 Å². The van der Waals surface area contributed by atoms with E-state index in [0.29, 0.717) is 13.2 Å². The Hall–Kier alpha value is -1.02. The predicted molar refractivity (Wildman–Crippen MR) is 112 cm³/mol. The molecule has 0 radical (unpaired) electrons. The van der Waals surface area contributed by atoms with Gasteiger partial charge in [0.2, 0.25) is 0 Å². The molecule has 164 valence electrons. The fourth-order valence-corrected chi connectivity index (χ4v) is 3.97. The second-order valence-electron chi connectivity index (χ2n) is 8.73. The molecule has 2 saturated heterocycles. The van der Waals surface area contributed by atoms with Crippen molar-refractivity contribution in [1.29, 1.82) is 0 Å². The Balaban J connectivity index is 1.49. The average Bonchev–Trinajstić information content (AvgIpc) is 3.16. The van der Waals surface area contributed by atoms with E-state index in [9.17, 15) is 0 Å². The number of rotatable bonds is 11. The molecule has 6 nitrogen and oxygen atoms in total. The van der Waals surface area contributed by atoms with Crippen LogP contribution in [0.1, 0.15) is 39.2 Å². The van der Waals surface area contributed by atoms with Gasteiger partial charge >= 0.3 is 0 Å². The summed E-state index contributed by atoms with van der Waals surface area (Å²) in [4.78, 5) is 2.16. The van der Waals surface area contributed by atoms with E-state index in [4.69, 9.17) is 23.7 Å². The molecular formula is C23H37NO5. The van der Waals surface area contributed by atoms with Crippen LogP contribution in [0.15, 0.2) is 30.3 Å². The minimum absolute atomic E-state index is 0.0833. The van der Waals surface area contributed by atoms with Crippen LogP contribution in [-0.2, 0) is 30.1 Å². The van der Waals surface area contributed by atoms with E-state index >= 15 is 0 Å². The lowest BCUT2D eigenvalue weighted by molar-refractivity contribution is -0.244. The summed E-state index contributed by atoms with van der Waals surface area (Å²) >= 11 is 0. The summed E-state index contributed by atoms with van der Waals surface area (Å²) < 4.78 is 30.6. The number of aryl methyl sites for hydroxylation is 1. The zero-order valence-corrected chi connectivity index (χ0v) is 18.5. The van der Waals surface area contributed by atoms with E-state index in [2.05, 4.69) is 43.3 Å². The molecule has 0 bridgehead atoms. The summed E-state index contributed by atoms with van der Waals surface area (Å²) in [5, 5.41) is 0. The van der Waals surface area contributed by atoms with Crippen molar-refractivity contribution in [1.82, 2.24) is 4.90 Å². The molecule has 5 atom stereocenters. The first-order valence-corrected chi connectivity index (χ1v) is 10.8. The van der Waals surface area contributed by atoms with E-state index < -0.39 is 12.1 Å². The molecule has 2 aliphatic rings. The minimum Gasteiger partial charge on any atom is -0.376 e. The Morgan fingerprint density at radius 3 is 2.48 bits per heavy atom. The summed E-state index contributed by atoms with van der Waals surface area (Å²) in [5.74, 6) is -0.631. The largest absolute Gasteiger partial charge is 0.376 e. The number of ether oxygens (including phenoxy) is 5. The molecule has 1 aromatic carbocycles. The summed E-state index contributed by atoms with van der Waals surface area (Å²) in [5.41, 5.74) is 1.32. The van der Waals surface area contributed by atoms with Crippen LogP contribution < -0.4 is 0 Å². The van der Waals surface area contributed by atoms with Crippen LogP contribution >= 0.6 is 0 Å². The molecule has 2 aliphatic heterocycles. The van der Waals surface area contributed by atoms with Crippen LogP contribution in [-0.4, -0.2) is 75.2 Å². The Morgan fingerprint density at radius 2 is 1.76 bits per heavy atom. The van der Waals surface area contributed by atoms with Gasteiger partial charge in [0.1, 0.15) is 18.3 Å². The zero-order valence-electron chi connectivity index (χ0n) is 18.5. The molecule has 2 fully saturated rings. The number of hydrogen-bond acceptors (Lipinski definition) is 6. The molecule has 1 aromatic rings. The highest BCUT2D eigenvalue weighted by molar-refractivity contribution is 5.14. The molecular weight excluding hydrogens is 370 g/mol. The van der Waals surface area contributed by atoms with Crippen LogP contribution in [0.5, 0.6) is 0 Å². The maximum absolute atomic E-state index is 6.21. The van der Waals surface area contributed by atoms with Crippen LogP contribution in [0, 0.1) is 0 Å². The van der Waals surface area contributed by atoms with Crippen molar-refractivity contribution in [2.75, 3.05) is 33.9 Å². The van der Waals surface area contributed by atoms with Crippen molar-refractivity contribution in [2.24, 2.45) is 0 Å². The lowest BCUT2D eigenvalue weighted by atomic mass is 10.1. The molecule has 3 rings (SSSR count). The SMILES string of the molecule is CC(OCCCN(C)C)[C@H]1O[C@H](OCCCc2ccccc2)[C@H]2OC(C)(C)O[C@H]21. The van der Waals surface area contributed by atoms with E-state index in [1.54, 1.807) is 0 Å². The third-order valence-corrected chi connectivity index (χ3v) is 5.37. The summed E-state index contributed by atoms with van der Waals surface area (Å²) in [7, 11) is 4.14. The van der Waals surface area contributed by atoms with Crippen molar-refractivity contribution in [3.8, 4) is 0 Å². The third-order valence-electron chi connectivity index (χ3n) is 5.37. The van der Waals surface area contributed by atoms with E-state index in [1.807, 2.05) is 26.8 Å². The molecule has 0 aliphatic carbocycles. The molecule has 0 N–H and O–H groups in total. The lowest BCUT2D eigenvalue weighted by Crippen LogP contribution is -2.38. The number of fused-ring (bicyclic) bond motifs is 1. The van der Waals surface area contributed by atoms with Gasteiger partial charge in [-0.1, -0.05) is 30.3 Å². The van der Waals surface area contributed by atoms with Crippen molar-refractivity contribution in [3.05, 3.63) is 35.9 Å². The van der Waals surface area contributed by atoms with Crippen molar-refractivity contribution in [2.45, 2.75) is 76.5 Å². The third kappa shape index (κ3) is 6.48. The molecule has 29 heavy (non-hydrogen) atoms. The average molecular weight is 408 g/mol. The molecule has 6 heteroatoms. The highest BCUT2D eigenvalue weighted by atomic mass is 16.8. The maximum Gasteiger partial charge on any atom is 0.187 e. The quantitative estimate of drug-likeness (QED) is 0.525. The highest BCUT2D eigenvalue weighted by Gasteiger charge is 2.57. The van der Waals surface area contributed by atoms with Crippen molar-refractivity contribution in [3.63, 3.8) is 0 Å². The second-order valence-corrected chi connectivity index (χ2v) is 8.73. The molecule has 0 saturated carbocycles. The van der Waals surface area contributed by atoms with Crippen LogP contribution in [0.4, 0.5) is 0 Å². The lowest BCUT2D eigenvalue weighted by Gasteiger charge is -2.27. The summed E-state index contributed by atoms with van der Waals surface area (Å²) in [6.45, 7) is 8.25. The molecule has 0 aromatic heterocycles. The van der Waals surface area contributed by atoms with Gasteiger partial charge in [0.15, 0.2) is 12.1 Å². The number of benzene rings is 1. The van der Waals surface area contributed by atoms with Crippen molar-refractivity contribution < 1.29 is 23.7 Å². The van der Waals surface area contributed by atoms with Crippen LogP contribution in [0.2, 0.25) is 0 Å². The number of hydrogen-bond donors (Lipinski definition) is 0. The van der Waals surface area contributed by atoms with Gasteiger partial charge in [-0.3, -0.25) is 0 Å². The zero-order chi connectivity index (χ0) is 20.9. The first-order valence-electron chi connectivity index (χ1n) is 10.8. The smallest absolute Gasteiger partial charge is 0.187 e. The number of nitrogens with zero attached hydrogens (tertiary/aromatic N) is 1. The Bertz CT molecular complexity index is 609. The Morgan fingerprint density at radius 1 is 1.03 bits per heavy atom. The van der Waals surface area contributed by atoms with Crippen molar-refractivity contribution >= 4 is 0 Å². The van der Waals surface area contributed by atoms with Crippen LogP contribution in [0.25, 0.3) is 0 Å². The Labute approximate surface area is 175 Å². The summed E-state index contributed by atoms with van der Waals surface area (Å²) in [6.07, 6.45) is 1.82. The molecule has 2 heterocycles. The normalized spacial score (nSPS) is 29.3.